The molecule has 1 heteroatoms. The molecule has 0 aromatic heterocycles. The lowest BCUT2D eigenvalue weighted by molar-refractivity contribution is 0.421. The number of benzene rings is 1. The smallest absolute Gasteiger partial charge is 0.114 e. The summed E-state index contributed by atoms with van der Waals surface area (Å²) in [6.07, 6.45) is 14.6. The van der Waals surface area contributed by atoms with Crippen molar-refractivity contribution in [2.45, 2.75) is 66.2 Å². The van der Waals surface area contributed by atoms with E-state index in [1.165, 1.54) is 11.1 Å². The van der Waals surface area contributed by atoms with Gasteiger partial charge in [-0.15, -0.1) is 6.42 Å². The third-order valence-corrected chi connectivity index (χ3v) is 5.12. The van der Waals surface area contributed by atoms with Crippen molar-refractivity contribution < 1.29 is 5.11 Å². The largest absolute Gasteiger partial charge is 0.508 e. The van der Waals surface area contributed by atoms with Gasteiger partial charge in [0.1, 0.15) is 5.76 Å². The Bertz CT molecular complexity index is 719. The van der Waals surface area contributed by atoms with Gasteiger partial charge in [-0.25, -0.2) is 0 Å². The fourth-order valence-corrected chi connectivity index (χ4v) is 3.51. The fourth-order valence-electron chi connectivity index (χ4n) is 3.51. The monoisotopic (exact) mass is 336 g/mol. The summed E-state index contributed by atoms with van der Waals surface area (Å²) in [6, 6.07) is 6.44. The second-order valence-corrected chi connectivity index (χ2v) is 6.28. The first kappa shape index (κ1) is 20.8. The number of aliphatic hydroxyl groups excluding tert-OH is 1. The van der Waals surface area contributed by atoms with E-state index in [1.807, 2.05) is 32.9 Å². The maximum atomic E-state index is 10.0. The number of allylic oxidation sites excluding steroid dienone is 5. The van der Waals surface area contributed by atoms with E-state index >= 15 is 0 Å². The van der Waals surface area contributed by atoms with E-state index in [4.69, 9.17) is 6.42 Å². The molecule has 0 atom stereocenters. The van der Waals surface area contributed by atoms with Crippen molar-refractivity contribution in [1.29, 1.82) is 0 Å². The number of aryl methyl sites for hydroxylation is 1. The number of hydrogen-bond acceptors (Lipinski definition) is 1. The molecule has 1 aromatic rings. The highest BCUT2D eigenvalue weighted by Crippen LogP contribution is 2.41. The predicted octanol–water partition coefficient (Wildman–Crippen LogP) is 6.78. The normalized spacial score (nSPS) is 14.2. The van der Waals surface area contributed by atoms with E-state index in [0.29, 0.717) is 5.76 Å². The van der Waals surface area contributed by atoms with Gasteiger partial charge in [0, 0.05) is 11.0 Å². The van der Waals surface area contributed by atoms with E-state index in [-0.39, 0.29) is 5.41 Å². The summed E-state index contributed by atoms with van der Waals surface area (Å²) >= 11 is 0. The number of hydrogen-bond donors (Lipinski definition) is 1. The summed E-state index contributed by atoms with van der Waals surface area (Å²) in [5, 5.41) is 10.0. The molecule has 0 amide bonds. The SMILES string of the molecule is C#Cc1ccc(C(CC)(CC)C2=CCC=C(O)C(C)=C2)cc1C.CC. The topological polar surface area (TPSA) is 20.2 Å². The van der Waals surface area contributed by atoms with Gasteiger partial charge < -0.3 is 5.11 Å². The van der Waals surface area contributed by atoms with Crippen molar-refractivity contribution in [3.63, 3.8) is 0 Å². The quantitative estimate of drug-likeness (QED) is 0.601. The van der Waals surface area contributed by atoms with Crippen LogP contribution < -0.4 is 0 Å². The first-order valence-corrected chi connectivity index (χ1v) is 9.34. The van der Waals surface area contributed by atoms with E-state index in [2.05, 4.69) is 51.0 Å². The van der Waals surface area contributed by atoms with Crippen LogP contribution in [0.2, 0.25) is 0 Å². The molecule has 1 aromatic carbocycles. The molecule has 0 spiro atoms. The van der Waals surface area contributed by atoms with Crippen LogP contribution in [-0.2, 0) is 5.41 Å². The lowest BCUT2D eigenvalue weighted by Gasteiger charge is -2.35. The summed E-state index contributed by atoms with van der Waals surface area (Å²) in [6.45, 7) is 12.5. The van der Waals surface area contributed by atoms with Gasteiger partial charge in [-0.1, -0.05) is 57.9 Å². The van der Waals surface area contributed by atoms with Crippen LogP contribution in [-0.4, -0.2) is 5.11 Å². The highest BCUT2D eigenvalue weighted by molar-refractivity contribution is 5.50. The van der Waals surface area contributed by atoms with Crippen LogP contribution >= 0.6 is 0 Å². The summed E-state index contributed by atoms with van der Waals surface area (Å²) in [5.41, 5.74) is 5.57. The Balaban J connectivity index is 0.00000151. The van der Waals surface area contributed by atoms with Gasteiger partial charge in [-0.05, 0) is 67.5 Å². The zero-order chi connectivity index (χ0) is 19.0. The minimum atomic E-state index is -0.0440. The van der Waals surface area contributed by atoms with Crippen molar-refractivity contribution in [1.82, 2.24) is 0 Å². The summed E-state index contributed by atoms with van der Waals surface area (Å²) in [7, 11) is 0. The predicted molar refractivity (Wildman–Crippen MR) is 110 cm³/mol. The van der Waals surface area contributed by atoms with Crippen molar-refractivity contribution in [3.05, 3.63) is 70.0 Å². The fraction of sp³-hybridized carbons (Fsp3) is 0.417. The molecule has 0 fully saturated rings. The minimum absolute atomic E-state index is 0.0440. The molecule has 0 bridgehead atoms. The molecule has 25 heavy (non-hydrogen) atoms. The van der Waals surface area contributed by atoms with Crippen LogP contribution in [0.3, 0.4) is 0 Å². The second kappa shape index (κ2) is 9.33. The van der Waals surface area contributed by atoms with Crippen LogP contribution in [0.15, 0.2) is 53.3 Å². The van der Waals surface area contributed by atoms with E-state index in [1.54, 1.807) is 0 Å². The molecule has 0 unspecified atom stereocenters. The Labute approximate surface area is 154 Å². The third kappa shape index (κ3) is 4.26. The van der Waals surface area contributed by atoms with Gasteiger partial charge in [0.05, 0.1) is 0 Å². The molecule has 1 aliphatic carbocycles. The zero-order valence-corrected chi connectivity index (χ0v) is 16.6. The van der Waals surface area contributed by atoms with Gasteiger partial charge in [0.2, 0.25) is 0 Å². The molecule has 1 N–H and O–H groups in total. The maximum absolute atomic E-state index is 10.0. The Morgan fingerprint density at radius 2 is 1.76 bits per heavy atom. The zero-order valence-electron chi connectivity index (χ0n) is 16.6. The van der Waals surface area contributed by atoms with Crippen LogP contribution in [0.4, 0.5) is 0 Å². The molecule has 1 nitrogen and oxygen atoms in total. The lowest BCUT2D eigenvalue weighted by atomic mass is 9.69. The van der Waals surface area contributed by atoms with E-state index in [9.17, 15) is 5.11 Å². The summed E-state index contributed by atoms with van der Waals surface area (Å²) in [5.74, 6) is 3.13. The van der Waals surface area contributed by atoms with Gasteiger partial charge in [-0.2, -0.15) is 0 Å². The van der Waals surface area contributed by atoms with E-state index < -0.39 is 0 Å². The van der Waals surface area contributed by atoms with Crippen molar-refractivity contribution in [3.8, 4) is 12.3 Å². The van der Waals surface area contributed by atoms with Crippen LogP contribution in [0.25, 0.3) is 0 Å². The minimum Gasteiger partial charge on any atom is -0.508 e. The van der Waals surface area contributed by atoms with Crippen molar-refractivity contribution in [2.75, 3.05) is 0 Å². The Morgan fingerprint density at radius 1 is 1.12 bits per heavy atom. The lowest BCUT2D eigenvalue weighted by Crippen LogP contribution is -2.27. The van der Waals surface area contributed by atoms with Crippen molar-refractivity contribution in [2.24, 2.45) is 0 Å². The molecule has 0 radical (unpaired) electrons. The molecule has 1 aliphatic rings. The molecular weight excluding hydrogens is 304 g/mol. The molecule has 0 saturated carbocycles. The highest BCUT2D eigenvalue weighted by Gasteiger charge is 2.32. The number of terminal acetylenes is 1. The first-order chi connectivity index (χ1) is 12.0. The van der Waals surface area contributed by atoms with E-state index in [0.717, 1.165) is 36.0 Å². The summed E-state index contributed by atoms with van der Waals surface area (Å²) < 4.78 is 0. The number of aliphatic hydroxyl groups is 1. The van der Waals surface area contributed by atoms with Gasteiger partial charge in [-0.3, -0.25) is 0 Å². The van der Waals surface area contributed by atoms with Gasteiger partial charge in [0.15, 0.2) is 0 Å². The standard InChI is InChI=1S/C22H26O.C2H6/c1-6-18-12-13-20(14-16(18)4)22(7-2,8-3)19-10-9-11-21(23)17(5)15-19;1-2/h1,10-15,23H,7-9H2,2-5H3;1-2H3. The highest BCUT2D eigenvalue weighted by atomic mass is 16.3. The van der Waals surface area contributed by atoms with Gasteiger partial charge in [0.25, 0.3) is 0 Å². The van der Waals surface area contributed by atoms with Crippen molar-refractivity contribution >= 4 is 0 Å². The molecule has 0 aliphatic heterocycles. The van der Waals surface area contributed by atoms with Crippen LogP contribution in [0.5, 0.6) is 0 Å². The van der Waals surface area contributed by atoms with Gasteiger partial charge >= 0.3 is 0 Å². The average molecular weight is 337 g/mol. The molecule has 0 saturated heterocycles. The first-order valence-electron chi connectivity index (χ1n) is 9.34. The Morgan fingerprint density at radius 3 is 2.28 bits per heavy atom. The molecule has 134 valence electrons. The summed E-state index contributed by atoms with van der Waals surface area (Å²) in [4.78, 5) is 0. The second-order valence-electron chi connectivity index (χ2n) is 6.28. The molecular formula is C24H32O. The number of rotatable bonds is 4. The Kier molecular flexibility index (Phi) is 7.78. The van der Waals surface area contributed by atoms with Crippen LogP contribution in [0.1, 0.15) is 70.6 Å². The molecule has 0 heterocycles. The maximum Gasteiger partial charge on any atom is 0.114 e. The Hall–Kier alpha value is -2.20. The van der Waals surface area contributed by atoms with Crippen LogP contribution in [0, 0.1) is 19.3 Å². The third-order valence-electron chi connectivity index (χ3n) is 5.12. The molecule has 2 rings (SSSR count). The average Bonchev–Trinajstić information content (AvgIpc) is 2.80.